The number of quaternary nitrogens is 1. The lowest BCUT2D eigenvalue weighted by atomic mass is 9.82. The Morgan fingerprint density at radius 1 is 1.16 bits per heavy atom. The third kappa shape index (κ3) is 6.86. The summed E-state index contributed by atoms with van der Waals surface area (Å²) in [5.41, 5.74) is 3.81. The maximum Gasteiger partial charge on any atom is 0.311 e. The maximum absolute atomic E-state index is 12.1. The number of esters is 1. The first-order chi connectivity index (χ1) is 8.50. The molecular formula is C16H33NO2+2. The van der Waals surface area contributed by atoms with Crippen molar-refractivity contribution in [3.63, 3.8) is 0 Å². The first-order valence-electron chi connectivity index (χ1n) is 7.33. The minimum absolute atomic E-state index is 0.0350. The van der Waals surface area contributed by atoms with Gasteiger partial charge in [0.1, 0.15) is 6.04 Å². The molecule has 0 spiro atoms. The van der Waals surface area contributed by atoms with Crippen LogP contribution in [-0.4, -0.2) is 18.1 Å². The third-order valence-corrected chi connectivity index (χ3v) is 3.42. The van der Waals surface area contributed by atoms with Gasteiger partial charge in [0, 0.05) is 5.41 Å². The van der Waals surface area contributed by atoms with Crippen LogP contribution in [-0.2, 0) is 9.53 Å². The highest BCUT2D eigenvalue weighted by Crippen LogP contribution is 2.26. The summed E-state index contributed by atoms with van der Waals surface area (Å²) >= 11 is 0. The van der Waals surface area contributed by atoms with E-state index in [0.29, 0.717) is 0 Å². The lowest BCUT2D eigenvalue weighted by Gasteiger charge is -2.32. The third-order valence-electron chi connectivity index (χ3n) is 3.42. The molecule has 3 N–H and O–H groups in total. The van der Waals surface area contributed by atoms with E-state index in [1.807, 2.05) is 20.8 Å². The Balaban J connectivity index is 4.72. The predicted molar refractivity (Wildman–Crippen MR) is 79.3 cm³/mol. The van der Waals surface area contributed by atoms with Crippen molar-refractivity contribution in [1.29, 1.82) is 0 Å². The average Bonchev–Trinajstić information content (AvgIpc) is 2.24. The maximum atomic E-state index is 12.1. The van der Waals surface area contributed by atoms with Gasteiger partial charge in [-0.2, -0.15) is 0 Å². The molecule has 0 fully saturated rings. The highest BCUT2D eigenvalue weighted by molar-refractivity contribution is 5.75. The van der Waals surface area contributed by atoms with Crippen LogP contribution in [0.1, 0.15) is 67.2 Å². The molecule has 0 saturated carbocycles. The van der Waals surface area contributed by atoms with Gasteiger partial charge in [0.05, 0.1) is 18.8 Å². The highest BCUT2D eigenvalue weighted by atomic mass is 16.5. The average molecular weight is 271 g/mol. The Bertz CT molecular complexity index is 273. The Kier molecular flexibility index (Phi) is 6.92. The smallest absolute Gasteiger partial charge is 0.311 e. The fraction of sp³-hybridized carbons (Fsp3) is 0.875. The molecule has 0 radical (unpaired) electrons. The van der Waals surface area contributed by atoms with E-state index in [-0.39, 0.29) is 23.5 Å². The number of ether oxygens (including phenoxy) is 1. The highest BCUT2D eigenvalue weighted by Gasteiger charge is 2.36. The molecule has 2 unspecified atom stereocenters. The second kappa shape index (κ2) is 7.18. The van der Waals surface area contributed by atoms with E-state index in [2.05, 4.69) is 33.4 Å². The number of carbonyl (C=O) groups is 1. The summed E-state index contributed by atoms with van der Waals surface area (Å²) in [6.07, 6.45) is 3.81. The summed E-state index contributed by atoms with van der Waals surface area (Å²) < 4.78 is 5.73. The predicted octanol–water partition coefficient (Wildman–Crippen LogP) is 3.00. The summed E-state index contributed by atoms with van der Waals surface area (Å²) in [4.78, 5) is 12.1. The van der Waals surface area contributed by atoms with E-state index >= 15 is 0 Å². The van der Waals surface area contributed by atoms with E-state index in [0.717, 1.165) is 25.7 Å². The molecule has 0 aromatic rings. The van der Waals surface area contributed by atoms with Crippen molar-refractivity contribution >= 4 is 5.97 Å². The van der Waals surface area contributed by atoms with Gasteiger partial charge >= 0.3 is 5.97 Å². The van der Waals surface area contributed by atoms with Crippen LogP contribution in [0.25, 0.3) is 0 Å². The molecule has 0 rings (SSSR count). The van der Waals surface area contributed by atoms with Crippen molar-refractivity contribution < 1.29 is 15.3 Å². The topological polar surface area (TPSA) is 53.9 Å². The van der Waals surface area contributed by atoms with Crippen molar-refractivity contribution in [2.75, 3.05) is 0 Å². The lowest BCUT2D eigenvalue weighted by molar-refractivity contribution is -0.461. The van der Waals surface area contributed by atoms with Gasteiger partial charge in [0.15, 0.2) is 6.10 Å². The van der Waals surface area contributed by atoms with E-state index in [9.17, 15) is 4.79 Å². The Labute approximate surface area is 119 Å². The molecule has 0 aromatic heterocycles. The molecule has 0 aliphatic heterocycles. The SMILES string of the molecule is [CH2+]CCCCC(OC(=O)C(C)(C)C)C([NH3+])C(C)(C)C. The van der Waals surface area contributed by atoms with Crippen LogP contribution in [0, 0.1) is 17.8 Å². The molecule has 3 nitrogen and oxygen atoms in total. The summed E-state index contributed by atoms with van der Waals surface area (Å²) in [6.45, 7) is 15.9. The zero-order valence-electron chi connectivity index (χ0n) is 13.7. The molecule has 2 atom stereocenters. The largest absolute Gasteiger partial charge is 0.456 e. The monoisotopic (exact) mass is 271 g/mol. The fourth-order valence-corrected chi connectivity index (χ4v) is 1.74. The molecule has 0 aliphatic rings. The zero-order valence-corrected chi connectivity index (χ0v) is 13.7. The summed E-state index contributed by atoms with van der Waals surface area (Å²) in [5, 5.41) is 0. The molecule has 0 saturated heterocycles. The number of carbonyl (C=O) groups excluding carboxylic acids is 1. The zero-order chi connectivity index (χ0) is 15.3. The van der Waals surface area contributed by atoms with Gasteiger partial charge in [-0.1, -0.05) is 20.8 Å². The second-order valence-electron chi connectivity index (χ2n) is 7.52. The van der Waals surface area contributed by atoms with Crippen molar-refractivity contribution in [2.45, 2.75) is 79.4 Å². The Morgan fingerprint density at radius 2 is 1.68 bits per heavy atom. The van der Waals surface area contributed by atoms with Crippen LogP contribution in [0.2, 0.25) is 0 Å². The van der Waals surface area contributed by atoms with Gasteiger partial charge < -0.3 is 10.5 Å². The Hall–Kier alpha value is -0.700. The second-order valence-corrected chi connectivity index (χ2v) is 7.52. The molecular weight excluding hydrogens is 238 g/mol. The van der Waals surface area contributed by atoms with Crippen LogP contribution >= 0.6 is 0 Å². The van der Waals surface area contributed by atoms with Gasteiger partial charge in [-0.05, 0) is 40.0 Å². The van der Waals surface area contributed by atoms with E-state index in [1.165, 1.54) is 0 Å². The molecule has 0 heterocycles. The van der Waals surface area contributed by atoms with Crippen LogP contribution in [0.5, 0.6) is 0 Å². The minimum Gasteiger partial charge on any atom is -0.456 e. The van der Waals surface area contributed by atoms with Crippen molar-refractivity contribution in [1.82, 2.24) is 0 Å². The standard InChI is InChI=1S/C16H32NO2/c1-8-9-10-11-12(13(17)15(2,3)4)19-14(18)16(5,6)7/h12-13H,1,8-11,17H2,2-7H3/q+1/p+1. The van der Waals surface area contributed by atoms with E-state index in [4.69, 9.17) is 4.74 Å². The first-order valence-corrected chi connectivity index (χ1v) is 7.33. The number of unbranched alkanes of at least 4 members (excludes halogenated alkanes) is 2. The lowest BCUT2D eigenvalue weighted by Crippen LogP contribution is -2.72. The van der Waals surface area contributed by atoms with Gasteiger partial charge in [-0.15, -0.1) is 0 Å². The van der Waals surface area contributed by atoms with E-state index in [1.54, 1.807) is 0 Å². The number of hydrogen-bond acceptors (Lipinski definition) is 2. The molecule has 0 amide bonds. The molecule has 3 heteroatoms. The van der Waals surface area contributed by atoms with Crippen LogP contribution in [0.15, 0.2) is 0 Å². The van der Waals surface area contributed by atoms with Gasteiger partial charge in [-0.3, -0.25) is 4.79 Å². The molecule has 19 heavy (non-hydrogen) atoms. The molecule has 0 bridgehead atoms. The summed E-state index contributed by atoms with van der Waals surface area (Å²) in [6, 6.07) is 0.101. The van der Waals surface area contributed by atoms with E-state index < -0.39 is 5.41 Å². The Morgan fingerprint density at radius 3 is 2.05 bits per heavy atom. The van der Waals surface area contributed by atoms with Crippen LogP contribution < -0.4 is 5.73 Å². The van der Waals surface area contributed by atoms with Gasteiger partial charge in [-0.25, -0.2) is 0 Å². The normalized spacial score (nSPS) is 15.9. The van der Waals surface area contributed by atoms with Crippen molar-refractivity contribution in [3.8, 4) is 0 Å². The summed E-state index contributed by atoms with van der Waals surface area (Å²) in [7, 11) is 0. The van der Waals surface area contributed by atoms with Crippen LogP contribution in [0.4, 0.5) is 0 Å². The van der Waals surface area contributed by atoms with Crippen LogP contribution in [0.3, 0.4) is 0 Å². The molecule has 112 valence electrons. The van der Waals surface area contributed by atoms with Crippen molar-refractivity contribution in [3.05, 3.63) is 6.92 Å². The number of hydrogen-bond donors (Lipinski definition) is 1. The summed E-state index contributed by atoms with van der Waals surface area (Å²) in [5.74, 6) is -0.134. The van der Waals surface area contributed by atoms with Gasteiger partial charge in [0.2, 0.25) is 0 Å². The first kappa shape index (κ1) is 18.3. The number of rotatable bonds is 6. The quantitative estimate of drug-likeness (QED) is 0.459. The fourth-order valence-electron chi connectivity index (χ4n) is 1.74. The van der Waals surface area contributed by atoms with Gasteiger partial charge in [0.25, 0.3) is 0 Å². The molecule has 0 aliphatic carbocycles. The van der Waals surface area contributed by atoms with Crippen molar-refractivity contribution in [2.24, 2.45) is 10.8 Å². The minimum atomic E-state index is -0.456. The molecule has 0 aromatic carbocycles.